The molecule has 0 saturated carbocycles. The lowest BCUT2D eigenvalue weighted by Gasteiger charge is -2.07. The van der Waals surface area contributed by atoms with Gasteiger partial charge in [-0.05, 0) is 11.6 Å². The summed E-state index contributed by atoms with van der Waals surface area (Å²) in [6.45, 7) is 0. The molecule has 0 amide bonds. The molecule has 1 heterocycles. The first-order valence-electron chi connectivity index (χ1n) is 4.55. The molecule has 2 rings (SSSR count). The molecule has 0 spiro atoms. The first-order valence-corrected chi connectivity index (χ1v) is 4.55. The topological polar surface area (TPSA) is 55.1 Å². The minimum absolute atomic E-state index is 0.0222. The standard InChI is InChI=1S/C11H10N2O2/c14-11(15)7-9-3-1-2-4-10(9)13-6-5-12-8-13/h1-6,8H,7H2,(H,14,15). The predicted molar refractivity (Wildman–Crippen MR) is 54.9 cm³/mol. The number of para-hydroxylation sites is 1. The second-order valence-corrected chi connectivity index (χ2v) is 3.17. The van der Waals surface area contributed by atoms with Gasteiger partial charge < -0.3 is 9.67 Å². The van der Waals surface area contributed by atoms with Crippen LogP contribution in [0, 0.1) is 0 Å². The fraction of sp³-hybridized carbons (Fsp3) is 0.0909. The summed E-state index contributed by atoms with van der Waals surface area (Å²) in [4.78, 5) is 14.6. The van der Waals surface area contributed by atoms with Crippen LogP contribution in [0.25, 0.3) is 5.69 Å². The van der Waals surface area contributed by atoms with E-state index in [1.165, 1.54) is 0 Å². The van der Waals surface area contributed by atoms with Crippen LogP contribution in [0.15, 0.2) is 43.0 Å². The third-order valence-corrected chi connectivity index (χ3v) is 2.12. The van der Waals surface area contributed by atoms with Gasteiger partial charge in [-0.1, -0.05) is 18.2 Å². The van der Waals surface area contributed by atoms with Crippen LogP contribution in [-0.4, -0.2) is 20.6 Å². The second kappa shape index (κ2) is 3.96. The number of imidazole rings is 1. The maximum absolute atomic E-state index is 10.7. The quantitative estimate of drug-likeness (QED) is 0.820. The Labute approximate surface area is 86.8 Å². The lowest BCUT2D eigenvalue weighted by Crippen LogP contribution is -2.04. The second-order valence-electron chi connectivity index (χ2n) is 3.17. The molecule has 4 heteroatoms. The zero-order chi connectivity index (χ0) is 10.7. The number of hydrogen-bond donors (Lipinski definition) is 1. The molecule has 0 bridgehead atoms. The largest absolute Gasteiger partial charge is 0.481 e. The number of carbonyl (C=O) groups is 1. The normalized spacial score (nSPS) is 10.1. The lowest BCUT2D eigenvalue weighted by molar-refractivity contribution is -0.136. The molecule has 2 aromatic rings. The van der Waals surface area contributed by atoms with E-state index in [4.69, 9.17) is 5.11 Å². The predicted octanol–water partition coefficient (Wildman–Crippen LogP) is 1.50. The minimum Gasteiger partial charge on any atom is -0.481 e. The van der Waals surface area contributed by atoms with Crippen molar-refractivity contribution in [3.8, 4) is 5.69 Å². The van der Waals surface area contributed by atoms with Crippen molar-refractivity contribution in [1.29, 1.82) is 0 Å². The van der Waals surface area contributed by atoms with Gasteiger partial charge in [-0.2, -0.15) is 0 Å². The van der Waals surface area contributed by atoms with E-state index in [0.29, 0.717) is 0 Å². The molecule has 1 aromatic heterocycles. The molecule has 0 aliphatic heterocycles. The van der Waals surface area contributed by atoms with E-state index in [1.54, 1.807) is 23.3 Å². The highest BCUT2D eigenvalue weighted by molar-refractivity contribution is 5.71. The fourth-order valence-electron chi connectivity index (χ4n) is 1.48. The van der Waals surface area contributed by atoms with Crippen molar-refractivity contribution in [2.75, 3.05) is 0 Å². The Kier molecular flexibility index (Phi) is 2.49. The monoisotopic (exact) mass is 202 g/mol. The number of carboxylic acid groups (broad SMARTS) is 1. The smallest absolute Gasteiger partial charge is 0.307 e. The van der Waals surface area contributed by atoms with Gasteiger partial charge in [0.15, 0.2) is 0 Å². The third kappa shape index (κ3) is 2.04. The molecule has 0 fully saturated rings. The van der Waals surface area contributed by atoms with E-state index in [1.807, 2.05) is 24.3 Å². The van der Waals surface area contributed by atoms with Gasteiger partial charge in [0.25, 0.3) is 0 Å². The van der Waals surface area contributed by atoms with E-state index in [9.17, 15) is 4.79 Å². The first-order chi connectivity index (χ1) is 7.27. The summed E-state index contributed by atoms with van der Waals surface area (Å²) in [6, 6.07) is 7.39. The molecule has 0 atom stereocenters. The van der Waals surface area contributed by atoms with Gasteiger partial charge in [-0.3, -0.25) is 4.79 Å². The van der Waals surface area contributed by atoms with E-state index in [-0.39, 0.29) is 6.42 Å². The van der Waals surface area contributed by atoms with E-state index in [0.717, 1.165) is 11.3 Å². The van der Waals surface area contributed by atoms with E-state index < -0.39 is 5.97 Å². The van der Waals surface area contributed by atoms with Gasteiger partial charge in [0.05, 0.1) is 18.4 Å². The highest BCUT2D eigenvalue weighted by Gasteiger charge is 2.06. The van der Waals surface area contributed by atoms with Crippen LogP contribution in [0.5, 0.6) is 0 Å². The van der Waals surface area contributed by atoms with Crippen LogP contribution < -0.4 is 0 Å². The number of carboxylic acids is 1. The number of rotatable bonds is 3. The molecule has 1 N–H and O–H groups in total. The Bertz CT molecular complexity index is 463. The van der Waals surface area contributed by atoms with Crippen LogP contribution in [0.2, 0.25) is 0 Å². The van der Waals surface area contributed by atoms with Gasteiger partial charge >= 0.3 is 5.97 Å². The van der Waals surface area contributed by atoms with Crippen molar-refractivity contribution in [2.45, 2.75) is 6.42 Å². The number of hydrogen-bond acceptors (Lipinski definition) is 2. The molecule has 0 radical (unpaired) electrons. The zero-order valence-corrected chi connectivity index (χ0v) is 8.00. The summed E-state index contributed by atoms with van der Waals surface area (Å²) in [7, 11) is 0. The van der Waals surface area contributed by atoms with Gasteiger partial charge in [0, 0.05) is 12.4 Å². The van der Waals surface area contributed by atoms with Crippen LogP contribution >= 0.6 is 0 Å². The molecule has 1 aromatic carbocycles. The number of benzene rings is 1. The van der Waals surface area contributed by atoms with Gasteiger partial charge in [0.2, 0.25) is 0 Å². The molecule has 15 heavy (non-hydrogen) atoms. The Morgan fingerprint density at radius 3 is 2.87 bits per heavy atom. The highest BCUT2D eigenvalue weighted by Crippen LogP contribution is 2.14. The Balaban J connectivity index is 2.42. The van der Waals surface area contributed by atoms with Gasteiger partial charge in [-0.15, -0.1) is 0 Å². The Hall–Kier alpha value is -2.10. The SMILES string of the molecule is O=C(O)Cc1ccccc1-n1ccnc1. The average molecular weight is 202 g/mol. The van der Waals surface area contributed by atoms with E-state index >= 15 is 0 Å². The van der Waals surface area contributed by atoms with Crippen LogP contribution in [0.1, 0.15) is 5.56 Å². The lowest BCUT2D eigenvalue weighted by atomic mass is 10.1. The summed E-state index contributed by atoms with van der Waals surface area (Å²) in [6.07, 6.45) is 5.13. The van der Waals surface area contributed by atoms with Crippen molar-refractivity contribution in [3.05, 3.63) is 48.5 Å². The molecular weight excluding hydrogens is 192 g/mol. The van der Waals surface area contributed by atoms with E-state index in [2.05, 4.69) is 4.98 Å². The maximum Gasteiger partial charge on any atom is 0.307 e. The maximum atomic E-state index is 10.7. The van der Waals surface area contributed by atoms with Crippen LogP contribution in [0.4, 0.5) is 0 Å². The zero-order valence-electron chi connectivity index (χ0n) is 8.00. The summed E-state index contributed by atoms with van der Waals surface area (Å²) in [5, 5.41) is 8.76. The summed E-state index contributed by atoms with van der Waals surface area (Å²) < 4.78 is 1.80. The number of aliphatic carboxylic acids is 1. The van der Waals surface area contributed by atoms with Gasteiger partial charge in [0.1, 0.15) is 0 Å². The van der Waals surface area contributed by atoms with Crippen molar-refractivity contribution in [2.24, 2.45) is 0 Å². The molecule has 0 saturated heterocycles. The van der Waals surface area contributed by atoms with Crippen molar-refractivity contribution < 1.29 is 9.90 Å². The summed E-state index contributed by atoms with van der Waals surface area (Å²) in [5.74, 6) is -0.831. The molecule has 0 aliphatic carbocycles. The van der Waals surface area contributed by atoms with Crippen molar-refractivity contribution in [3.63, 3.8) is 0 Å². The molecule has 0 unspecified atom stereocenters. The average Bonchev–Trinajstić information content (AvgIpc) is 2.70. The molecule has 4 nitrogen and oxygen atoms in total. The van der Waals surface area contributed by atoms with Crippen molar-refractivity contribution >= 4 is 5.97 Å². The Morgan fingerprint density at radius 2 is 2.20 bits per heavy atom. The summed E-state index contributed by atoms with van der Waals surface area (Å²) >= 11 is 0. The third-order valence-electron chi connectivity index (χ3n) is 2.12. The fourth-order valence-corrected chi connectivity index (χ4v) is 1.48. The van der Waals surface area contributed by atoms with Gasteiger partial charge in [-0.25, -0.2) is 4.98 Å². The molecular formula is C11H10N2O2. The van der Waals surface area contributed by atoms with Crippen molar-refractivity contribution in [1.82, 2.24) is 9.55 Å². The minimum atomic E-state index is -0.831. The van der Waals surface area contributed by atoms with Crippen LogP contribution in [0.3, 0.4) is 0 Å². The summed E-state index contributed by atoms with van der Waals surface area (Å²) in [5.41, 5.74) is 1.64. The highest BCUT2D eigenvalue weighted by atomic mass is 16.4. The molecule has 0 aliphatic rings. The van der Waals surface area contributed by atoms with Crippen LogP contribution in [-0.2, 0) is 11.2 Å². The number of aromatic nitrogens is 2. The number of nitrogens with zero attached hydrogens (tertiary/aromatic N) is 2. The first kappa shape index (κ1) is 9.45. The molecule has 76 valence electrons. The Morgan fingerprint density at radius 1 is 1.40 bits per heavy atom.